The van der Waals surface area contributed by atoms with E-state index in [2.05, 4.69) is 24.3 Å². The predicted octanol–water partition coefficient (Wildman–Crippen LogP) is 2.07. The summed E-state index contributed by atoms with van der Waals surface area (Å²) in [6.45, 7) is 7.91. The van der Waals surface area contributed by atoms with Gasteiger partial charge in [0.2, 0.25) is 0 Å². The Balaban J connectivity index is 2.82. The van der Waals surface area contributed by atoms with Crippen LogP contribution in [0.15, 0.2) is 23.4 Å². The number of benzene rings is 1. The Labute approximate surface area is 125 Å². The highest BCUT2D eigenvalue weighted by atomic mass is 19.1. The van der Waals surface area contributed by atoms with Crippen molar-refractivity contribution in [2.45, 2.75) is 33.4 Å². The molecule has 0 saturated heterocycles. The van der Waals surface area contributed by atoms with Crippen molar-refractivity contribution in [2.24, 2.45) is 16.8 Å². The molecule has 1 aromatic carbocycles. The second-order valence-corrected chi connectivity index (χ2v) is 5.18. The molecule has 0 aromatic heterocycles. The molecule has 0 radical (unpaired) electrons. The Kier molecular flexibility index (Phi) is 7.11. The van der Waals surface area contributed by atoms with Crippen molar-refractivity contribution in [1.82, 2.24) is 5.32 Å². The lowest BCUT2D eigenvalue weighted by atomic mass is 10.0. The quantitative estimate of drug-likeness (QED) is 0.297. The van der Waals surface area contributed by atoms with Crippen molar-refractivity contribution < 1.29 is 14.3 Å². The maximum Gasteiger partial charge on any atom is 0.170 e. The van der Waals surface area contributed by atoms with Crippen LogP contribution in [0.2, 0.25) is 0 Å². The number of halogens is 1. The van der Waals surface area contributed by atoms with Gasteiger partial charge in [-0.15, -0.1) is 0 Å². The van der Waals surface area contributed by atoms with Crippen molar-refractivity contribution >= 4 is 5.84 Å². The number of ether oxygens (including phenoxy) is 1. The summed E-state index contributed by atoms with van der Waals surface area (Å²) in [5.74, 6) is -0.128. The van der Waals surface area contributed by atoms with Crippen LogP contribution < -0.4 is 11.1 Å². The number of rotatable bonds is 8. The van der Waals surface area contributed by atoms with Crippen LogP contribution >= 0.6 is 0 Å². The number of nitrogens with zero attached hydrogens (tertiary/aromatic N) is 1. The third-order valence-electron chi connectivity index (χ3n) is 3.32. The minimum absolute atomic E-state index is 0.0998. The van der Waals surface area contributed by atoms with Gasteiger partial charge in [0, 0.05) is 24.8 Å². The van der Waals surface area contributed by atoms with E-state index in [1.54, 1.807) is 6.07 Å². The summed E-state index contributed by atoms with van der Waals surface area (Å²) < 4.78 is 18.8. The molecule has 5 nitrogen and oxygen atoms in total. The van der Waals surface area contributed by atoms with Crippen molar-refractivity contribution in [3.8, 4) is 0 Å². The zero-order valence-corrected chi connectivity index (χ0v) is 12.8. The Hall–Kier alpha value is -1.66. The Morgan fingerprint density at radius 1 is 1.48 bits per heavy atom. The number of oxime groups is 1. The molecule has 0 heterocycles. The fourth-order valence-electron chi connectivity index (χ4n) is 1.97. The summed E-state index contributed by atoms with van der Waals surface area (Å²) in [5.41, 5.74) is 6.76. The van der Waals surface area contributed by atoms with E-state index in [0.717, 1.165) is 5.56 Å². The molecule has 1 aromatic rings. The fourth-order valence-corrected chi connectivity index (χ4v) is 1.97. The first kappa shape index (κ1) is 17.4. The third-order valence-corrected chi connectivity index (χ3v) is 3.32. The predicted molar refractivity (Wildman–Crippen MR) is 80.9 cm³/mol. The molecular formula is C15H24FN3O2. The van der Waals surface area contributed by atoms with Crippen molar-refractivity contribution in [2.75, 3.05) is 13.2 Å². The molecule has 118 valence electrons. The first-order chi connectivity index (χ1) is 9.99. The van der Waals surface area contributed by atoms with Crippen LogP contribution in [0.4, 0.5) is 4.39 Å². The normalized spacial score (nSPS) is 13.7. The van der Waals surface area contributed by atoms with Crippen LogP contribution in [-0.2, 0) is 11.3 Å². The lowest BCUT2D eigenvalue weighted by Crippen LogP contribution is -2.38. The van der Waals surface area contributed by atoms with Crippen LogP contribution in [-0.4, -0.2) is 30.3 Å². The molecule has 0 aliphatic rings. The molecule has 0 bridgehead atoms. The second-order valence-electron chi connectivity index (χ2n) is 5.18. The van der Waals surface area contributed by atoms with E-state index in [1.807, 2.05) is 6.92 Å². The molecule has 0 saturated carbocycles. The minimum Gasteiger partial charge on any atom is -0.409 e. The largest absolute Gasteiger partial charge is 0.409 e. The highest BCUT2D eigenvalue weighted by molar-refractivity contribution is 5.98. The Morgan fingerprint density at radius 3 is 2.76 bits per heavy atom. The van der Waals surface area contributed by atoms with E-state index >= 15 is 0 Å². The van der Waals surface area contributed by atoms with Gasteiger partial charge in [-0.25, -0.2) is 4.39 Å². The van der Waals surface area contributed by atoms with Crippen molar-refractivity contribution in [1.29, 1.82) is 0 Å². The second kappa shape index (κ2) is 8.59. The van der Waals surface area contributed by atoms with Crippen LogP contribution in [0, 0.1) is 11.7 Å². The lowest BCUT2D eigenvalue weighted by Gasteiger charge is -2.23. The van der Waals surface area contributed by atoms with Crippen LogP contribution in [0.5, 0.6) is 0 Å². The van der Waals surface area contributed by atoms with Gasteiger partial charge in [-0.3, -0.25) is 0 Å². The summed E-state index contributed by atoms with van der Waals surface area (Å²) in [7, 11) is 0. The summed E-state index contributed by atoms with van der Waals surface area (Å²) in [6, 6.07) is 4.43. The van der Waals surface area contributed by atoms with Gasteiger partial charge in [-0.1, -0.05) is 25.1 Å². The molecule has 0 spiro atoms. The zero-order valence-electron chi connectivity index (χ0n) is 12.8. The number of nitrogens with two attached hydrogens (primary N) is 1. The van der Waals surface area contributed by atoms with Gasteiger partial charge < -0.3 is 21.0 Å². The molecule has 1 unspecified atom stereocenters. The SMILES string of the molecule is CCOCC(NCc1ccc(F)cc1/C(N)=N/O)C(C)C. The standard InChI is InChI=1S/C15H24FN3O2/c1-4-21-9-14(10(2)3)18-8-11-5-6-12(16)7-13(11)15(17)19-20/h5-7,10,14,18,20H,4,8-9H2,1-3H3,(H2,17,19). The maximum atomic E-state index is 13.3. The minimum atomic E-state index is -0.421. The summed E-state index contributed by atoms with van der Waals surface area (Å²) in [6.07, 6.45) is 0. The number of hydrogen-bond acceptors (Lipinski definition) is 4. The Morgan fingerprint density at radius 2 is 2.19 bits per heavy atom. The van der Waals surface area contributed by atoms with Gasteiger partial charge >= 0.3 is 0 Å². The average Bonchev–Trinajstić information content (AvgIpc) is 2.47. The molecule has 0 amide bonds. The molecule has 0 fully saturated rings. The molecule has 0 aliphatic heterocycles. The smallest absolute Gasteiger partial charge is 0.170 e. The maximum absolute atomic E-state index is 13.3. The fraction of sp³-hybridized carbons (Fsp3) is 0.533. The van der Waals surface area contributed by atoms with E-state index in [1.165, 1.54) is 12.1 Å². The van der Waals surface area contributed by atoms with Gasteiger partial charge in [0.25, 0.3) is 0 Å². The molecule has 1 atom stereocenters. The van der Waals surface area contributed by atoms with E-state index in [4.69, 9.17) is 15.7 Å². The number of amidine groups is 1. The monoisotopic (exact) mass is 297 g/mol. The first-order valence-corrected chi connectivity index (χ1v) is 7.07. The molecule has 6 heteroatoms. The summed E-state index contributed by atoms with van der Waals surface area (Å²) in [4.78, 5) is 0. The average molecular weight is 297 g/mol. The van der Waals surface area contributed by atoms with Crippen molar-refractivity contribution in [3.05, 3.63) is 35.1 Å². The molecule has 1 rings (SSSR count). The molecular weight excluding hydrogens is 273 g/mol. The van der Waals surface area contributed by atoms with Crippen LogP contribution in [0.25, 0.3) is 0 Å². The van der Waals surface area contributed by atoms with Crippen LogP contribution in [0.3, 0.4) is 0 Å². The van der Waals surface area contributed by atoms with E-state index in [-0.39, 0.29) is 11.9 Å². The summed E-state index contributed by atoms with van der Waals surface area (Å²) >= 11 is 0. The topological polar surface area (TPSA) is 79.9 Å². The van der Waals surface area contributed by atoms with E-state index < -0.39 is 5.82 Å². The van der Waals surface area contributed by atoms with Gasteiger partial charge in [0.15, 0.2) is 5.84 Å². The van der Waals surface area contributed by atoms with Crippen molar-refractivity contribution in [3.63, 3.8) is 0 Å². The highest BCUT2D eigenvalue weighted by Crippen LogP contribution is 2.13. The number of hydrogen-bond donors (Lipinski definition) is 3. The highest BCUT2D eigenvalue weighted by Gasteiger charge is 2.15. The first-order valence-electron chi connectivity index (χ1n) is 7.07. The molecule has 21 heavy (non-hydrogen) atoms. The Bertz CT molecular complexity index is 478. The van der Waals surface area contributed by atoms with Gasteiger partial charge in [-0.2, -0.15) is 0 Å². The van der Waals surface area contributed by atoms with E-state index in [0.29, 0.717) is 31.2 Å². The zero-order chi connectivity index (χ0) is 15.8. The number of nitrogens with one attached hydrogen (secondary N) is 1. The molecule has 4 N–H and O–H groups in total. The van der Waals surface area contributed by atoms with Gasteiger partial charge in [0.1, 0.15) is 5.82 Å². The van der Waals surface area contributed by atoms with Gasteiger partial charge in [0.05, 0.1) is 6.61 Å². The van der Waals surface area contributed by atoms with E-state index in [9.17, 15) is 4.39 Å². The third kappa shape index (κ3) is 5.32. The lowest BCUT2D eigenvalue weighted by molar-refractivity contribution is 0.108. The molecule has 0 aliphatic carbocycles. The van der Waals surface area contributed by atoms with Gasteiger partial charge in [-0.05, 0) is 30.5 Å². The summed E-state index contributed by atoms with van der Waals surface area (Å²) in [5, 5.41) is 15.1. The van der Waals surface area contributed by atoms with Crippen LogP contribution in [0.1, 0.15) is 31.9 Å².